The van der Waals surface area contributed by atoms with E-state index in [1.54, 1.807) is 6.26 Å². The Morgan fingerprint density at radius 2 is 2.03 bits per heavy atom. The Morgan fingerprint density at radius 3 is 2.67 bits per heavy atom. The Kier molecular flexibility index (Phi) is 5.97. The van der Waals surface area contributed by atoms with Gasteiger partial charge in [0.1, 0.15) is 17.6 Å². The molecule has 3 aromatic rings. The lowest BCUT2D eigenvalue weighted by atomic mass is 10.0. The number of H-pyrrole nitrogens is 1. The van der Waals surface area contributed by atoms with E-state index in [1.165, 1.54) is 16.8 Å². The van der Waals surface area contributed by atoms with Gasteiger partial charge in [-0.3, -0.25) is 9.89 Å². The van der Waals surface area contributed by atoms with Gasteiger partial charge in [-0.25, -0.2) is 9.99 Å². The minimum absolute atomic E-state index is 0.124. The minimum Gasteiger partial charge on any atom is -0.467 e. The van der Waals surface area contributed by atoms with E-state index in [-0.39, 0.29) is 17.9 Å². The molecule has 9 heteroatoms. The van der Waals surface area contributed by atoms with E-state index < -0.39 is 5.25 Å². The Balaban J connectivity index is 1.57. The minimum atomic E-state index is -0.411. The van der Waals surface area contributed by atoms with Crippen LogP contribution in [0.1, 0.15) is 56.3 Å². The van der Waals surface area contributed by atoms with Crippen molar-refractivity contribution in [1.29, 1.82) is 0 Å². The molecule has 30 heavy (non-hydrogen) atoms. The molecule has 3 heterocycles. The van der Waals surface area contributed by atoms with E-state index >= 15 is 0 Å². The van der Waals surface area contributed by atoms with E-state index in [4.69, 9.17) is 16.0 Å². The number of nitrogens with one attached hydrogen (secondary N) is 1. The average molecular weight is 444 g/mol. The van der Waals surface area contributed by atoms with Gasteiger partial charge in [-0.15, -0.1) is 5.10 Å². The summed E-state index contributed by atoms with van der Waals surface area (Å²) in [5, 5.41) is 14.1. The van der Waals surface area contributed by atoms with Crippen LogP contribution in [0.3, 0.4) is 0 Å². The molecule has 0 saturated heterocycles. The molecule has 1 N–H and O–H groups in total. The number of halogens is 1. The molecule has 2 atom stereocenters. The standard InChI is InChI=1S/C21H22ClN5O2S/c1-12(2)19-23-21(25-24-19)30-13(3)20(28)27-17(18-5-4-10-29-18)11-16(26-27)14-6-8-15(22)9-7-14/h4-10,12-13,17H,11H2,1-3H3,(H,23,24,25). The predicted molar refractivity (Wildman–Crippen MR) is 117 cm³/mol. The SMILES string of the molecule is CC(Sc1n[nH]c(C(C)C)n1)C(=O)N1N=C(c2ccc(Cl)cc2)CC1c1ccco1. The van der Waals surface area contributed by atoms with Crippen LogP contribution < -0.4 is 0 Å². The van der Waals surface area contributed by atoms with Crippen molar-refractivity contribution in [1.82, 2.24) is 20.2 Å². The summed E-state index contributed by atoms with van der Waals surface area (Å²) in [5.41, 5.74) is 1.75. The molecular weight excluding hydrogens is 422 g/mol. The Hall–Kier alpha value is -2.58. The van der Waals surface area contributed by atoms with Gasteiger partial charge in [0, 0.05) is 17.4 Å². The second kappa shape index (κ2) is 8.65. The number of furan rings is 1. The summed E-state index contributed by atoms with van der Waals surface area (Å²) in [6.45, 7) is 5.91. The van der Waals surface area contributed by atoms with Crippen LogP contribution in [-0.2, 0) is 4.79 Å². The normalized spacial score (nSPS) is 17.4. The van der Waals surface area contributed by atoms with Crippen molar-refractivity contribution in [2.45, 2.75) is 49.6 Å². The van der Waals surface area contributed by atoms with Gasteiger partial charge >= 0.3 is 0 Å². The van der Waals surface area contributed by atoms with Gasteiger partial charge in [0.05, 0.1) is 17.2 Å². The molecule has 2 unspecified atom stereocenters. The van der Waals surface area contributed by atoms with Crippen molar-refractivity contribution in [3.8, 4) is 0 Å². The van der Waals surface area contributed by atoms with Gasteiger partial charge in [-0.05, 0) is 36.8 Å². The average Bonchev–Trinajstić information content (AvgIpc) is 3.47. The molecule has 2 aromatic heterocycles. The molecule has 0 radical (unpaired) electrons. The number of amides is 1. The van der Waals surface area contributed by atoms with Crippen molar-refractivity contribution in [3.05, 3.63) is 64.8 Å². The lowest BCUT2D eigenvalue weighted by Gasteiger charge is -2.22. The monoisotopic (exact) mass is 443 g/mol. The number of rotatable bonds is 6. The van der Waals surface area contributed by atoms with E-state index in [9.17, 15) is 4.79 Å². The fourth-order valence-electron chi connectivity index (χ4n) is 3.20. The number of thioether (sulfide) groups is 1. The highest BCUT2D eigenvalue weighted by atomic mass is 35.5. The lowest BCUT2D eigenvalue weighted by molar-refractivity contribution is -0.132. The first-order valence-electron chi connectivity index (χ1n) is 9.71. The topological polar surface area (TPSA) is 87.4 Å². The molecule has 1 aliphatic rings. The highest BCUT2D eigenvalue weighted by molar-refractivity contribution is 8.00. The molecule has 0 saturated carbocycles. The van der Waals surface area contributed by atoms with Crippen LogP contribution >= 0.6 is 23.4 Å². The summed E-state index contributed by atoms with van der Waals surface area (Å²) in [7, 11) is 0. The zero-order chi connectivity index (χ0) is 21.3. The number of carbonyl (C=O) groups is 1. The molecule has 156 valence electrons. The van der Waals surface area contributed by atoms with Crippen LogP contribution in [-0.4, -0.2) is 37.1 Å². The first-order valence-corrected chi connectivity index (χ1v) is 11.0. The van der Waals surface area contributed by atoms with Crippen molar-refractivity contribution >= 4 is 35.0 Å². The number of nitrogens with zero attached hydrogens (tertiary/aromatic N) is 4. The van der Waals surface area contributed by atoms with E-state index in [1.807, 2.05) is 57.2 Å². The number of hydrazone groups is 1. The maximum absolute atomic E-state index is 13.3. The van der Waals surface area contributed by atoms with Crippen molar-refractivity contribution < 1.29 is 9.21 Å². The molecule has 1 aliphatic heterocycles. The number of benzene rings is 1. The fraction of sp³-hybridized carbons (Fsp3) is 0.333. The maximum atomic E-state index is 13.3. The molecule has 4 rings (SSSR count). The van der Waals surface area contributed by atoms with Crippen molar-refractivity contribution in [2.75, 3.05) is 0 Å². The van der Waals surface area contributed by atoms with Gasteiger partial charge in [0.25, 0.3) is 5.91 Å². The molecule has 1 aromatic carbocycles. The quantitative estimate of drug-likeness (QED) is 0.539. The van der Waals surface area contributed by atoms with Crippen LogP contribution in [0.15, 0.2) is 57.3 Å². The maximum Gasteiger partial charge on any atom is 0.256 e. The number of hydrogen-bond donors (Lipinski definition) is 1. The lowest BCUT2D eigenvalue weighted by Crippen LogP contribution is -2.33. The second-order valence-corrected chi connectivity index (χ2v) is 9.13. The smallest absolute Gasteiger partial charge is 0.256 e. The summed E-state index contributed by atoms with van der Waals surface area (Å²) in [6, 6.07) is 10.9. The summed E-state index contributed by atoms with van der Waals surface area (Å²) >= 11 is 7.32. The summed E-state index contributed by atoms with van der Waals surface area (Å²) in [5.74, 6) is 1.62. The van der Waals surface area contributed by atoms with Gasteiger partial charge < -0.3 is 4.42 Å². The first kappa shape index (κ1) is 20.7. The third kappa shape index (κ3) is 4.29. The molecule has 0 aliphatic carbocycles. The largest absolute Gasteiger partial charge is 0.467 e. The Morgan fingerprint density at radius 1 is 1.27 bits per heavy atom. The van der Waals surface area contributed by atoms with Crippen molar-refractivity contribution in [3.63, 3.8) is 0 Å². The van der Waals surface area contributed by atoms with E-state index in [0.717, 1.165) is 17.1 Å². The van der Waals surface area contributed by atoms with Gasteiger partial charge in [0.2, 0.25) is 5.16 Å². The zero-order valence-electron chi connectivity index (χ0n) is 16.9. The van der Waals surface area contributed by atoms with Crippen molar-refractivity contribution in [2.24, 2.45) is 5.10 Å². The Labute approximate surface area is 183 Å². The summed E-state index contributed by atoms with van der Waals surface area (Å²) in [6.07, 6.45) is 2.17. The van der Waals surface area contributed by atoms with Crippen LogP contribution in [0.4, 0.5) is 0 Å². The van der Waals surface area contributed by atoms with Crippen LogP contribution in [0, 0.1) is 0 Å². The number of carbonyl (C=O) groups excluding carboxylic acids is 1. The zero-order valence-corrected chi connectivity index (χ0v) is 18.4. The molecule has 7 nitrogen and oxygen atoms in total. The van der Waals surface area contributed by atoms with Crippen LogP contribution in [0.5, 0.6) is 0 Å². The second-order valence-electron chi connectivity index (χ2n) is 7.39. The molecule has 0 spiro atoms. The number of hydrogen-bond acceptors (Lipinski definition) is 6. The van der Waals surface area contributed by atoms with Gasteiger partial charge in [-0.2, -0.15) is 5.10 Å². The Bertz CT molecular complexity index is 1050. The fourth-order valence-corrected chi connectivity index (χ4v) is 4.10. The third-order valence-electron chi connectivity index (χ3n) is 4.84. The van der Waals surface area contributed by atoms with Crippen LogP contribution in [0.2, 0.25) is 5.02 Å². The summed E-state index contributed by atoms with van der Waals surface area (Å²) < 4.78 is 5.60. The van der Waals surface area contributed by atoms with Gasteiger partial charge in [0.15, 0.2) is 0 Å². The van der Waals surface area contributed by atoms with Crippen LogP contribution in [0.25, 0.3) is 0 Å². The van der Waals surface area contributed by atoms with Gasteiger partial charge in [-0.1, -0.05) is 49.3 Å². The van der Waals surface area contributed by atoms with E-state index in [0.29, 0.717) is 22.4 Å². The first-order chi connectivity index (χ1) is 14.4. The summed E-state index contributed by atoms with van der Waals surface area (Å²) in [4.78, 5) is 17.8. The molecule has 0 fully saturated rings. The number of aromatic nitrogens is 3. The highest BCUT2D eigenvalue weighted by Gasteiger charge is 2.37. The predicted octanol–water partition coefficient (Wildman–Crippen LogP) is 5.03. The molecular formula is C21H22ClN5O2S. The molecule has 1 amide bonds. The van der Waals surface area contributed by atoms with E-state index in [2.05, 4.69) is 20.3 Å². The number of aromatic amines is 1. The third-order valence-corrected chi connectivity index (χ3v) is 6.04. The highest BCUT2D eigenvalue weighted by Crippen LogP contribution is 2.35. The molecule has 0 bridgehead atoms.